The van der Waals surface area contributed by atoms with Crippen molar-refractivity contribution < 1.29 is 38.3 Å². The molecule has 5 atom stereocenters. The Labute approximate surface area is 169 Å². The molecule has 9 nitrogen and oxygen atoms in total. The van der Waals surface area contributed by atoms with Crippen LogP contribution in [0.3, 0.4) is 0 Å². The van der Waals surface area contributed by atoms with Crippen LogP contribution in [0.5, 0.6) is 0 Å². The number of cyclic esters (lactones) is 1. The molecule has 0 aliphatic carbocycles. The summed E-state index contributed by atoms with van der Waals surface area (Å²) in [5, 5.41) is 13.0. The number of ether oxygens (including phenoxy) is 2. The molecular weight excluding hydrogens is 382 g/mol. The fourth-order valence-electron chi connectivity index (χ4n) is 4.02. The van der Waals surface area contributed by atoms with E-state index in [4.69, 9.17) is 19.2 Å². The lowest BCUT2D eigenvalue weighted by atomic mass is 10.0. The highest BCUT2D eigenvalue weighted by molar-refractivity contribution is 5.98. The van der Waals surface area contributed by atoms with Gasteiger partial charge in [-0.05, 0) is 26.3 Å². The topological polar surface area (TPSA) is 111 Å². The molecule has 3 aliphatic heterocycles. The van der Waals surface area contributed by atoms with Crippen LogP contribution < -0.4 is 0 Å². The molecule has 3 rings (SSSR count). The molecule has 0 aromatic rings. The molecule has 0 spiro atoms. The Bertz CT molecular complexity index is 772. The minimum atomic E-state index is -0.798. The minimum absolute atomic E-state index is 0.106. The summed E-state index contributed by atoms with van der Waals surface area (Å²) in [4.78, 5) is 45.8. The molecule has 29 heavy (non-hydrogen) atoms. The first-order valence-electron chi connectivity index (χ1n) is 9.91. The molecule has 1 fully saturated rings. The van der Waals surface area contributed by atoms with Crippen molar-refractivity contribution in [1.29, 1.82) is 0 Å². The predicted molar refractivity (Wildman–Crippen MR) is 99.2 cm³/mol. The average molecular weight is 409 g/mol. The molecule has 3 heterocycles. The molecule has 160 valence electrons. The summed E-state index contributed by atoms with van der Waals surface area (Å²) in [5.41, 5.74) is 0.760. The summed E-state index contributed by atoms with van der Waals surface area (Å²) in [6.07, 6.45) is 2.38. The number of fused-ring (bicyclic) bond motifs is 1. The van der Waals surface area contributed by atoms with E-state index < -0.39 is 34.6 Å². The monoisotopic (exact) mass is 409 g/mol. The van der Waals surface area contributed by atoms with Crippen LogP contribution in [0, 0.1) is 17.0 Å². The second-order valence-corrected chi connectivity index (χ2v) is 7.90. The quantitative estimate of drug-likeness (QED) is 0.157. The second kappa shape index (κ2) is 8.25. The van der Waals surface area contributed by atoms with Gasteiger partial charge in [-0.2, -0.15) is 4.89 Å². The summed E-state index contributed by atoms with van der Waals surface area (Å²) in [6.45, 7) is 7.26. The van der Waals surface area contributed by atoms with E-state index in [1.54, 1.807) is 19.9 Å². The fourth-order valence-corrected chi connectivity index (χ4v) is 4.02. The van der Waals surface area contributed by atoms with E-state index >= 15 is 0 Å². The Balaban J connectivity index is 1.58. The molecule has 0 amide bonds. The normalized spacial score (nSPS) is 32.0. The van der Waals surface area contributed by atoms with Gasteiger partial charge in [0.2, 0.25) is 0 Å². The van der Waals surface area contributed by atoms with Gasteiger partial charge < -0.3 is 19.3 Å². The van der Waals surface area contributed by atoms with Crippen LogP contribution in [-0.2, 0) is 33.6 Å². The zero-order valence-electron chi connectivity index (χ0n) is 17.1. The van der Waals surface area contributed by atoms with Crippen molar-refractivity contribution >= 4 is 17.9 Å². The number of carbonyl (C=O) groups excluding carboxylic acids is 3. The lowest BCUT2D eigenvalue weighted by Gasteiger charge is -2.40. The lowest BCUT2D eigenvalue weighted by molar-refractivity contribution is -0.877. The van der Waals surface area contributed by atoms with Crippen LogP contribution in [0.15, 0.2) is 23.0 Å². The number of hydroxylamine groups is 3. The third kappa shape index (κ3) is 4.08. The molecule has 9 heteroatoms. The van der Waals surface area contributed by atoms with E-state index in [0.29, 0.717) is 25.0 Å². The molecule has 0 aromatic heterocycles. The van der Waals surface area contributed by atoms with Crippen molar-refractivity contribution in [3.05, 3.63) is 28.2 Å². The van der Waals surface area contributed by atoms with Crippen molar-refractivity contribution in [1.82, 2.24) is 0 Å². The van der Waals surface area contributed by atoms with Crippen molar-refractivity contribution in [2.24, 2.45) is 11.8 Å². The van der Waals surface area contributed by atoms with Crippen LogP contribution >= 0.6 is 0 Å². The van der Waals surface area contributed by atoms with E-state index in [1.165, 1.54) is 6.92 Å². The Morgan fingerprint density at radius 1 is 1.41 bits per heavy atom. The Kier molecular flexibility index (Phi) is 6.11. The molecule has 0 radical (unpaired) electrons. The van der Waals surface area contributed by atoms with Crippen LogP contribution in [0.2, 0.25) is 0 Å². The third-order valence-electron chi connectivity index (χ3n) is 5.98. The van der Waals surface area contributed by atoms with Gasteiger partial charge in [0, 0.05) is 12.0 Å². The Morgan fingerprint density at radius 3 is 2.76 bits per heavy atom. The highest BCUT2D eigenvalue weighted by atomic mass is 17.2. The summed E-state index contributed by atoms with van der Waals surface area (Å²) in [6, 6.07) is -0.557. The number of hydrogen-bond donors (Lipinski definition) is 0. The standard InChI is InChI=1S/C20H27NO8/c1-5-11(2)18(22)28-15-7-9-21(25)8-6-14(17(15)21)10-26-29-20(24)16-12(3)19(23)27-13(16)4/h6,11-12,15,17H,5,7-10H2,1-4H3. The summed E-state index contributed by atoms with van der Waals surface area (Å²) in [5.74, 6) is -2.38. The Morgan fingerprint density at radius 2 is 2.14 bits per heavy atom. The number of esters is 2. The van der Waals surface area contributed by atoms with Gasteiger partial charge >= 0.3 is 17.9 Å². The van der Waals surface area contributed by atoms with E-state index in [1.807, 2.05) is 6.92 Å². The first kappa shape index (κ1) is 21.5. The smallest absolute Gasteiger partial charge is 0.373 e. The van der Waals surface area contributed by atoms with Gasteiger partial charge in [-0.3, -0.25) is 14.5 Å². The maximum Gasteiger partial charge on any atom is 0.373 e. The highest BCUT2D eigenvalue weighted by Crippen LogP contribution is 2.38. The van der Waals surface area contributed by atoms with Gasteiger partial charge in [-0.1, -0.05) is 13.8 Å². The minimum Gasteiger partial charge on any atom is -0.632 e. The highest BCUT2D eigenvalue weighted by Gasteiger charge is 2.50. The average Bonchev–Trinajstić information content (AvgIpc) is 3.25. The van der Waals surface area contributed by atoms with E-state index in [9.17, 15) is 19.6 Å². The number of nitrogens with zero attached hydrogens (tertiary/aromatic N) is 1. The molecule has 5 unspecified atom stereocenters. The van der Waals surface area contributed by atoms with Gasteiger partial charge in [0.1, 0.15) is 12.4 Å². The largest absolute Gasteiger partial charge is 0.632 e. The van der Waals surface area contributed by atoms with Gasteiger partial charge in [0.05, 0.1) is 30.5 Å². The maximum absolute atomic E-state index is 13.0. The third-order valence-corrected chi connectivity index (χ3v) is 5.98. The second-order valence-electron chi connectivity index (χ2n) is 7.90. The first-order valence-corrected chi connectivity index (χ1v) is 9.91. The molecule has 1 saturated heterocycles. The zero-order valence-corrected chi connectivity index (χ0v) is 17.1. The van der Waals surface area contributed by atoms with Crippen LogP contribution in [0.4, 0.5) is 0 Å². The van der Waals surface area contributed by atoms with E-state index in [-0.39, 0.29) is 36.4 Å². The summed E-state index contributed by atoms with van der Waals surface area (Å²) >= 11 is 0. The first-order chi connectivity index (χ1) is 13.7. The number of hydrogen-bond acceptors (Lipinski definition) is 8. The summed E-state index contributed by atoms with van der Waals surface area (Å²) in [7, 11) is 0. The van der Waals surface area contributed by atoms with Crippen LogP contribution in [0.25, 0.3) is 0 Å². The zero-order chi connectivity index (χ0) is 21.3. The van der Waals surface area contributed by atoms with Gasteiger partial charge in [0.25, 0.3) is 0 Å². The molecular formula is C20H27NO8. The summed E-state index contributed by atoms with van der Waals surface area (Å²) < 4.78 is 10.0. The van der Waals surface area contributed by atoms with Crippen LogP contribution in [-0.4, -0.2) is 54.4 Å². The van der Waals surface area contributed by atoms with E-state index in [0.717, 1.165) is 0 Å². The fraction of sp³-hybridized carbons (Fsp3) is 0.650. The molecule has 0 aromatic carbocycles. The SMILES string of the molecule is CCC(C)C(=O)OC1CC[N+]2([O-])CC=C(COOC(=O)C3=C(C)OC(=O)C3C)C12. The van der Waals surface area contributed by atoms with Crippen molar-refractivity contribution in [2.45, 2.75) is 52.7 Å². The van der Waals surface area contributed by atoms with Gasteiger partial charge in [-0.25, -0.2) is 4.79 Å². The van der Waals surface area contributed by atoms with Gasteiger partial charge in [-0.15, -0.1) is 0 Å². The van der Waals surface area contributed by atoms with Crippen LogP contribution in [0.1, 0.15) is 40.5 Å². The lowest BCUT2D eigenvalue weighted by Crippen LogP contribution is -2.47. The molecule has 0 saturated carbocycles. The molecule has 0 N–H and O–H groups in total. The number of quaternary nitrogens is 1. The van der Waals surface area contributed by atoms with Crippen molar-refractivity contribution in [3.63, 3.8) is 0 Å². The molecule has 0 bridgehead atoms. The van der Waals surface area contributed by atoms with Crippen molar-refractivity contribution in [2.75, 3.05) is 19.7 Å². The number of allylic oxidation sites excluding steroid dienone is 1. The van der Waals surface area contributed by atoms with Gasteiger partial charge in [0.15, 0.2) is 12.1 Å². The van der Waals surface area contributed by atoms with E-state index in [2.05, 4.69) is 0 Å². The molecule has 3 aliphatic rings. The predicted octanol–water partition coefficient (Wildman–Crippen LogP) is 1.91. The number of rotatable bonds is 7. The number of carbonyl (C=O) groups is 3. The van der Waals surface area contributed by atoms with Crippen molar-refractivity contribution in [3.8, 4) is 0 Å². The maximum atomic E-state index is 13.0. The Hall–Kier alpha value is -2.23.